The van der Waals surface area contributed by atoms with Gasteiger partial charge in [-0.05, 0) is 30.0 Å². The topological polar surface area (TPSA) is 23.8 Å². The molecule has 0 aromatic heterocycles. The van der Waals surface area contributed by atoms with Crippen LogP contribution in [0.2, 0.25) is 0 Å². The van der Waals surface area contributed by atoms with Gasteiger partial charge in [-0.15, -0.1) is 0 Å². The highest BCUT2D eigenvalue weighted by atomic mass is 14.5. The summed E-state index contributed by atoms with van der Waals surface area (Å²) < 4.78 is 0. The fourth-order valence-corrected chi connectivity index (χ4v) is 2.42. The number of nitrogens with one attached hydrogen (secondary N) is 1. The second-order valence-electron chi connectivity index (χ2n) is 4.41. The summed E-state index contributed by atoms with van der Waals surface area (Å²) in [5.41, 5.74) is 9.56. The van der Waals surface area contributed by atoms with Crippen molar-refractivity contribution in [2.75, 3.05) is 0 Å². The zero-order valence-electron chi connectivity index (χ0n) is 8.63. The van der Waals surface area contributed by atoms with Crippen LogP contribution < -0.4 is 5.73 Å². The summed E-state index contributed by atoms with van der Waals surface area (Å²) in [6.07, 6.45) is 8.21. The Morgan fingerprint density at radius 3 is 2.64 bits per heavy atom. The first-order chi connectivity index (χ1) is 6.84. The number of hydrogen-bond acceptors (Lipinski definition) is 0. The molecule has 0 aliphatic heterocycles. The average Bonchev–Trinajstić information content (AvgIpc) is 2.19. The Bertz CT molecular complexity index is 287. The van der Waals surface area contributed by atoms with E-state index in [2.05, 4.69) is 6.07 Å². The van der Waals surface area contributed by atoms with Crippen molar-refractivity contribution in [3.63, 3.8) is 0 Å². The van der Waals surface area contributed by atoms with Crippen LogP contribution in [-0.4, -0.2) is 0 Å². The molecule has 75 valence electrons. The first-order valence-corrected chi connectivity index (χ1v) is 5.65. The van der Waals surface area contributed by atoms with Gasteiger partial charge in [0.15, 0.2) is 0 Å². The van der Waals surface area contributed by atoms with Crippen molar-refractivity contribution in [2.24, 2.45) is 5.92 Å². The Morgan fingerprint density at radius 2 is 1.93 bits per heavy atom. The minimum atomic E-state index is 0.651. The molecule has 0 heterocycles. The molecule has 0 amide bonds. The quantitative estimate of drug-likeness (QED) is 0.675. The summed E-state index contributed by atoms with van der Waals surface area (Å²) >= 11 is 0. The lowest BCUT2D eigenvalue weighted by molar-refractivity contribution is 0.357. The summed E-state index contributed by atoms with van der Waals surface area (Å²) in [5.74, 6) is 0.880. The van der Waals surface area contributed by atoms with Gasteiger partial charge in [0.1, 0.15) is 0 Å². The molecule has 1 nitrogen and oxygen atoms in total. The maximum Gasteiger partial charge on any atom is 0.0542 e. The van der Waals surface area contributed by atoms with Gasteiger partial charge in [-0.25, -0.2) is 0 Å². The molecule has 1 radical (unpaired) electrons. The van der Waals surface area contributed by atoms with Gasteiger partial charge in [-0.3, -0.25) is 0 Å². The van der Waals surface area contributed by atoms with Crippen LogP contribution in [-0.2, 0) is 6.42 Å². The minimum absolute atomic E-state index is 0.651. The lowest BCUT2D eigenvalue weighted by Gasteiger charge is -2.21. The molecule has 1 N–H and O–H groups in total. The van der Waals surface area contributed by atoms with Crippen molar-refractivity contribution in [3.8, 4) is 0 Å². The van der Waals surface area contributed by atoms with Crippen molar-refractivity contribution < 1.29 is 0 Å². The van der Waals surface area contributed by atoms with Crippen LogP contribution in [0.3, 0.4) is 0 Å². The van der Waals surface area contributed by atoms with Crippen LogP contribution in [0.4, 0.5) is 5.69 Å². The predicted molar refractivity (Wildman–Crippen MR) is 59.5 cm³/mol. The molecule has 14 heavy (non-hydrogen) atoms. The Hall–Kier alpha value is -0.980. The largest absolute Gasteiger partial charge is 0.301 e. The SMILES string of the molecule is [NH]c1cccc(CC2CCCCC2)c1. The smallest absolute Gasteiger partial charge is 0.0542 e. The van der Waals surface area contributed by atoms with Crippen LogP contribution in [0, 0.1) is 5.92 Å². The first kappa shape index (κ1) is 9.57. The van der Waals surface area contributed by atoms with E-state index < -0.39 is 0 Å². The molecular weight excluding hydrogens is 170 g/mol. The van der Waals surface area contributed by atoms with Gasteiger partial charge < -0.3 is 5.73 Å². The molecular formula is C13H18N. The summed E-state index contributed by atoms with van der Waals surface area (Å²) in [5, 5.41) is 0. The van der Waals surface area contributed by atoms with Crippen molar-refractivity contribution in [1.82, 2.24) is 5.73 Å². The van der Waals surface area contributed by atoms with Gasteiger partial charge in [-0.2, -0.15) is 0 Å². The van der Waals surface area contributed by atoms with Gasteiger partial charge in [0, 0.05) is 0 Å². The van der Waals surface area contributed by atoms with E-state index in [0.29, 0.717) is 5.69 Å². The molecule has 1 aromatic carbocycles. The molecule has 2 rings (SSSR count). The van der Waals surface area contributed by atoms with Crippen LogP contribution in [0.5, 0.6) is 0 Å². The predicted octanol–water partition coefficient (Wildman–Crippen LogP) is 3.72. The zero-order chi connectivity index (χ0) is 9.80. The van der Waals surface area contributed by atoms with Crippen molar-refractivity contribution in [2.45, 2.75) is 38.5 Å². The highest BCUT2D eigenvalue weighted by Crippen LogP contribution is 2.27. The first-order valence-electron chi connectivity index (χ1n) is 5.65. The molecule has 0 unspecified atom stereocenters. The van der Waals surface area contributed by atoms with Crippen molar-refractivity contribution in [3.05, 3.63) is 29.8 Å². The second-order valence-corrected chi connectivity index (χ2v) is 4.41. The van der Waals surface area contributed by atoms with E-state index in [9.17, 15) is 0 Å². The molecule has 1 aliphatic carbocycles. The molecule has 0 bridgehead atoms. The number of benzene rings is 1. The van der Waals surface area contributed by atoms with Crippen LogP contribution in [0.15, 0.2) is 24.3 Å². The third kappa shape index (κ3) is 2.50. The summed E-state index contributed by atoms with van der Waals surface area (Å²) in [6.45, 7) is 0. The highest BCUT2D eigenvalue weighted by Gasteiger charge is 2.13. The van der Waals surface area contributed by atoms with E-state index in [-0.39, 0.29) is 0 Å². The summed E-state index contributed by atoms with van der Waals surface area (Å²) in [4.78, 5) is 0. The lowest BCUT2D eigenvalue weighted by atomic mass is 9.85. The standard InChI is InChI=1S/C13H18N/c14-13-8-4-7-12(10-13)9-11-5-2-1-3-6-11/h4,7-8,10-11,14H,1-3,5-6,9H2. The average molecular weight is 188 g/mol. The van der Waals surface area contributed by atoms with E-state index in [0.717, 1.165) is 5.92 Å². The van der Waals surface area contributed by atoms with Gasteiger partial charge in [0.05, 0.1) is 5.69 Å². The maximum atomic E-state index is 7.55. The van der Waals surface area contributed by atoms with Crippen molar-refractivity contribution >= 4 is 5.69 Å². The summed E-state index contributed by atoms with van der Waals surface area (Å²) in [7, 11) is 0. The van der Waals surface area contributed by atoms with Gasteiger partial charge in [-0.1, -0.05) is 44.2 Å². The molecule has 1 heteroatoms. The number of rotatable bonds is 2. The van der Waals surface area contributed by atoms with E-state index >= 15 is 0 Å². The van der Waals surface area contributed by atoms with Crippen LogP contribution in [0.1, 0.15) is 37.7 Å². The van der Waals surface area contributed by atoms with E-state index in [1.807, 2.05) is 18.2 Å². The Labute approximate surface area is 86.3 Å². The Balaban J connectivity index is 1.95. The summed E-state index contributed by atoms with van der Waals surface area (Å²) in [6, 6.07) is 8.02. The highest BCUT2D eigenvalue weighted by molar-refractivity contribution is 5.37. The molecule has 1 fully saturated rings. The fraction of sp³-hybridized carbons (Fsp3) is 0.538. The third-order valence-electron chi connectivity index (χ3n) is 3.18. The minimum Gasteiger partial charge on any atom is -0.301 e. The van der Waals surface area contributed by atoms with Gasteiger partial charge in [0.25, 0.3) is 0 Å². The molecule has 0 spiro atoms. The fourth-order valence-electron chi connectivity index (χ4n) is 2.42. The third-order valence-corrected chi connectivity index (χ3v) is 3.18. The molecule has 1 saturated carbocycles. The van der Waals surface area contributed by atoms with Crippen LogP contribution in [0.25, 0.3) is 0 Å². The molecule has 1 aliphatic rings. The van der Waals surface area contributed by atoms with E-state index in [1.54, 1.807) is 0 Å². The molecule has 0 atom stereocenters. The van der Waals surface area contributed by atoms with Gasteiger partial charge in [0.2, 0.25) is 0 Å². The van der Waals surface area contributed by atoms with Gasteiger partial charge >= 0.3 is 0 Å². The van der Waals surface area contributed by atoms with Crippen LogP contribution >= 0.6 is 0 Å². The lowest BCUT2D eigenvalue weighted by Crippen LogP contribution is -2.09. The Morgan fingerprint density at radius 1 is 1.14 bits per heavy atom. The maximum absolute atomic E-state index is 7.55. The molecule has 1 aromatic rings. The van der Waals surface area contributed by atoms with Crippen molar-refractivity contribution in [1.29, 1.82) is 0 Å². The Kier molecular flexibility index (Phi) is 3.07. The number of hydrogen-bond donors (Lipinski definition) is 0. The van der Waals surface area contributed by atoms with E-state index in [4.69, 9.17) is 5.73 Å². The van der Waals surface area contributed by atoms with E-state index in [1.165, 1.54) is 44.1 Å². The monoisotopic (exact) mass is 188 g/mol. The second kappa shape index (κ2) is 4.50. The zero-order valence-corrected chi connectivity index (χ0v) is 8.63. The normalized spacial score (nSPS) is 18.3. The molecule has 0 saturated heterocycles.